The summed E-state index contributed by atoms with van der Waals surface area (Å²) >= 11 is 5.96. The molecule has 0 saturated heterocycles. The number of halogens is 2. The molecule has 1 atom stereocenters. The third-order valence-corrected chi connectivity index (χ3v) is 5.63. The molecule has 5 nitrogen and oxygen atoms in total. The monoisotopic (exact) mass is 450 g/mol. The van der Waals surface area contributed by atoms with E-state index in [1.54, 1.807) is 37.3 Å². The van der Waals surface area contributed by atoms with Gasteiger partial charge in [0.15, 0.2) is 0 Å². The lowest BCUT2D eigenvalue weighted by molar-refractivity contribution is 0.0696. The van der Waals surface area contributed by atoms with Crippen molar-refractivity contribution in [3.8, 4) is 0 Å². The zero-order valence-corrected chi connectivity index (χ0v) is 17.9. The second-order valence-corrected chi connectivity index (χ2v) is 7.99. The molecule has 0 spiro atoms. The molecule has 0 radical (unpaired) electrons. The molecule has 4 rings (SSSR count). The maximum atomic E-state index is 14.9. The van der Waals surface area contributed by atoms with Gasteiger partial charge in [-0.25, -0.2) is 9.18 Å². The van der Waals surface area contributed by atoms with E-state index in [-0.39, 0.29) is 11.1 Å². The highest BCUT2D eigenvalue weighted by Gasteiger charge is 2.21. The standard InChI is InChI=1S/C25H20ClFN2O3/c1-15(17-4-6-19(7-5-17)25(31)32)28-24(30)22-21(27)11-8-18-12-13-29(23(18)22)14-16-2-9-20(26)10-3-16/h2-13,15H,14H2,1H3,(H,28,30)(H,31,32)/t15-/m0/s1. The number of carbonyl (C=O) groups is 2. The Balaban J connectivity index is 1.64. The molecule has 0 aliphatic carbocycles. The first-order valence-corrected chi connectivity index (χ1v) is 10.4. The Morgan fingerprint density at radius 3 is 2.38 bits per heavy atom. The molecule has 1 aromatic heterocycles. The van der Waals surface area contributed by atoms with E-state index in [9.17, 15) is 14.0 Å². The number of carbonyl (C=O) groups excluding carboxylic acids is 1. The predicted molar refractivity (Wildman–Crippen MR) is 122 cm³/mol. The Bertz CT molecular complexity index is 1300. The van der Waals surface area contributed by atoms with Crippen LogP contribution in [-0.2, 0) is 6.54 Å². The summed E-state index contributed by atoms with van der Waals surface area (Å²) in [6, 6.07) is 17.9. The summed E-state index contributed by atoms with van der Waals surface area (Å²) in [4.78, 5) is 24.2. The van der Waals surface area contributed by atoms with E-state index in [0.29, 0.717) is 22.6 Å². The molecule has 0 unspecified atom stereocenters. The van der Waals surface area contributed by atoms with E-state index in [4.69, 9.17) is 16.7 Å². The number of aromatic nitrogens is 1. The molecule has 2 N–H and O–H groups in total. The van der Waals surface area contributed by atoms with Crippen LogP contribution in [0.25, 0.3) is 10.9 Å². The van der Waals surface area contributed by atoms with Gasteiger partial charge in [-0.05, 0) is 60.5 Å². The molecule has 1 amide bonds. The summed E-state index contributed by atoms with van der Waals surface area (Å²) < 4.78 is 16.7. The summed E-state index contributed by atoms with van der Waals surface area (Å²) in [5.41, 5.74) is 2.31. The number of benzene rings is 3. The summed E-state index contributed by atoms with van der Waals surface area (Å²) in [5, 5.41) is 13.3. The molecule has 4 aromatic rings. The van der Waals surface area contributed by atoms with Gasteiger partial charge in [0.05, 0.1) is 22.7 Å². The van der Waals surface area contributed by atoms with Crippen molar-refractivity contribution < 1.29 is 19.1 Å². The number of carboxylic acid groups (broad SMARTS) is 1. The van der Waals surface area contributed by atoms with Crippen LogP contribution in [0, 0.1) is 5.82 Å². The van der Waals surface area contributed by atoms with Gasteiger partial charge >= 0.3 is 5.97 Å². The molecule has 0 aliphatic heterocycles. The SMILES string of the molecule is C[C@H](NC(=O)c1c(F)ccc2ccn(Cc3ccc(Cl)cc3)c12)c1ccc(C(=O)O)cc1. The van der Waals surface area contributed by atoms with Gasteiger partial charge in [-0.1, -0.05) is 35.9 Å². The summed E-state index contributed by atoms with van der Waals surface area (Å²) in [7, 11) is 0. The summed E-state index contributed by atoms with van der Waals surface area (Å²) in [5.74, 6) is -2.18. The lowest BCUT2D eigenvalue weighted by Gasteiger charge is -2.16. The van der Waals surface area contributed by atoms with Crippen molar-refractivity contribution in [2.75, 3.05) is 0 Å². The normalized spacial score (nSPS) is 12.0. The molecule has 7 heteroatoms. The molecule has 0 fully saturated rings. The fourth-order valence-corrected chi connectivity index (χ4v) is 3.80. The lowest BCUT2D eigenvalue weighted by Crippen LogP contribution is -2.28. The average Bonchev–Trinajstić information content (AvgIpc) is 3.17. The van der Waals surface area contributed by atoms with Crippen molar-refractivity contribution in [3.05, 3.63) is 106 Å². The largest absolute Gasteiger partial charge is 0.478 e. The van der Waals surface area contributed by atoms with Gasteiger partial charge in [0, 0.05) is 23.2 Å². The Morgan fingerprint density at radius 2 is 1.72 bits per heavy atom. The maximum absolute atomic E-state index is 14.9. The number of hydrogen-bond acceptors (Lipinski definition) is 2. The van der Waals surface area contributed by atoms with E-state index in [2.05, 4.69) is 5.32 Å². The summed E-state index contributed by atoms with van der Waals surface area (Å²) in [6.45, 7) is 2.22. The van der Waals surface area contributed by atoms with Crippen molar-refractivity contribution in [2.45, 2.75) is 19.5 Å². The number of rotatable bonds is 6. The van der Waals surface area contributed by atoms with E-state index in [1.807, 2.05) is 29.0 Å². The van der Waals surface area contributed by atoms with Crippen LogP contribution < -0.4 is 5.32 Å². The van der Waals surface area contributed by atoms with Crippen molar-refractivity contribution in [3.63, 3.8) is 0 Å². The molecule has 1 heterocycles. The van der Waals surface area contributed by atoms with Gasteiger partial charge in [0.25, 0.3) is 5.91 Å². The highest BCUT2D eigenvalue weighted by atomic mass is 35.5. The number of amides is 1. The van der Waals surface area contributed by atoms with Gasteiger partial charge < -0.3 is 15.0 Å². The van der Waals surface area contributed by atoms with Crippen molar-refractivity contribution in [1.29, 1.82) is 0 Å². The zero-order valence-electron chi connectivity index (χ0n) is 17.2. The van der Waals surface area contributed by atoms with Crippen LogP contribution in [0.3, 0.4) is 0 Å². The summed E-state index contributed by atoms with van der Waals surface area (Å²) in [6.07, 6.45) is 1.82. The Labute approximate surface area is 189 Å². The van der Waals surface area contributed by atoms with Gasteiger partial charge in [-0.15, -0.1) is 0 Å². The Morgan fingerprint density at radius 1 is 1.03 bits per heavy atom. The number of nitrogens with one attached hydrogen (secondary N) is 1. The Kier molecular flexibility index (Phi) is 5.97. The van der Waals surface area contributed by atoms with E-state index in [0.717, 1.165) is 10.9 Å². The van der Waals surface area contributed by atoms with Crippen LogP contribution in [-0.4, -0.2) is 21.6 Å². The highest BCUT2D eigenvalue weighted by Crippen LogP contribution is 2.25. The van der Waals surface area contributed by atoms with Gasteiger partial charge in [-0.3, -0.25) is 4.79 Å². The third-order valence-electron chi connectivity index (χ3n) is 5.38. The second kappa shape index (κ2) is 8.85. The molecule has 3 aromatic carbocycles. The van der Waals surface area contributed by atoms with Crippen LogP contribution >= 0.6 is 11.6 Å². The number of nitrogens with zero attached hydrogens (tertiary/aromatic N) is 1. The highest BCUT2D eigenvalue weighted by molar-refractivity contribution is 6.30. The van der Waals surface area contributed by atoms with Crippen LogP contribution in [0.2, 0.25) is 5.02 Å². The van der Waals surface area contributed by atoms with Crippen LogP contribution in [0.1, 0.15) is 44.8 Å². The quantitative estimate of drug-likeness (QED) is 0.397. The maximum Gasteiger partial charge on any atom is 0.335 e. The first-order chi connectivity index (χ1) is 15.3. The number of fused-ring (bicyclic) bond motifs is 1. The topological polar surface area (TPSA) is 71.3 Å². The van der Waals surface area contributed by atoms with Crippen molar-refractivity contribution in [2.24, 2.45) is 0 Å². The van der Waals surface area contributed by atoms with E-state index in [1.165, 1.54) is 18.2 Å². The first kappa shape index (κ1) is 21.6. The fraction of sp³-hybridized carbons (Fsp3) is 0.120. The predicted octanol–water partition coefficient (Wildman–Crippen LogP) is 5.67. The second-order valence-electron chi connectivity index (χ2n) is 7.55. The average molecular weight is 451 g/mol. The number of aromatic carboxylic acids is 1. The minimum absolute atomic E-state index is 0.0320. The molecule has 162 valence electrons. The first-order valence-electron chi connectivity index (χ1n) is 9.99. The third kappa shape index (κ3) is 4.36. The van der Waals surface area contributed by atoms with Crippen LogP contribution in [0.5, 0.6) is 0 Å². The van der Waals surface area contributed by atoms with Gasteiger partial charge in [0.2, 0.25) is 0 Å². The van der Waals surface area contributed by atoms with Crippen molar-refractivity contribution in [1.82, 2.24) is 9.88 Å². The van der Waals surface area contributed by atoms with Gasteiger partial charge in [0.1, 0.15) is 5.82 Å². The zero-order chi connectivity index (χ0) is 22.8. The van der Waals surface area contributed by atoms with E-state index >= 15 is 0 Å². The molecular formula is C25H20ClFN2O3. The number of hydrogen-bond donors (Lipinski definition) is 2. The molecular weight excluding hydrogens is 431 g/mol. The lowest BCUT2D eigenvalue weighted by atomic mass is 10.0. The Hall–Kier alpha value is -3.64. The smallest absolute Gasteiger partial charge is 0.335 e. The van der Waals surface area contributed by atoms with Gasteiger partial charge in [-0.2, -0.15) is 0 Å². The molecule has 0 bridgehead atoms. The minimum Gasteiger partial charge on any atom is -0.478 e. The molecule has 0 saturated carbocycles. The number of carboxylic acids is 1. The van der Waals surface area contributed by atoms with Crippen LogP contribution in [0.15, 0.2) is 72.9 Å². The van der Waals surface area contributed by atoms with Crippen molar-refractivity contribution >= 4 is 34.4 Å². The fourth-order valence-electron chi connectivity index (χ4n) is 3.67. The molecule has 32 heavy (non-hydrogen) atoms. The molecule has 0 aliphatic rings. The van der Waals surface area contributed by atoms with E-state index < -0.39 is 23.7 Å². The minimum atomic E-state index is -1.02. The van der Waals surface area contributed by atoms with Crippen LogP contribution in [0.4, 0.5) is 4.39 Å².